The minimum Gasteiger partial charge on any atom is -0.481 e. The van der Waals surface area contributed by atoms with Crippen molar-refractivity contribution >= 4 is 5.97 Å². The van der Waals surface area contributed by atoms with Crippen LogP contribution in [0.1, 0.15) is 17.5 Å². The predicted octanol–water partition coefficient (Wildman–Crippen LogP) is 1.56. The van der Waals surface area contributed by atoms with Gasteiger partial charge in [-0.1, -0.05) is 24.3 Å². The van der Waals surface area contributed by atoms with Crippen molar-refractivity contribution in [2.75, 3.05) is 13.1 Å². The first kappa shape index (κ1) is 10.8. The van der Waals surface area contributed by atoms with Crippen molar-refractivity contribution in [1.82, 2.24) is 4.90 Å². The summed E-state index contributed by atoms with van der Waals surface area (Å²) < 4.78 is 0. The lowest BCUT2D eigenvalue weighted by Gasteiger charge is -2.44. The van der Waals surface area contributed by atoms with E-state index in [0.717, 1.165) is 25.9 Å². The molecule has 2 aliphatic rings. The van der Waals surface area contributed by atoms with Crippen LogP contribution in [0, 0.1) is 5.92 Å². The Morgan fingerprint density at radius 1 is 1.24 bits per heavy atom. The first-order chi connectivity index (χ1) is 8.24. The molecule has 0 amide bonds. The summed E-state index contributed by atoms with van der Waals surface area (Å²) in [5, 5.41) is 8.88. The van der Waals surface area contributed by atoms with Crippen LogP contribution in [0.4, 0.5) is 0 Å². The van der Waals surface area contributed by atoms with Gasteiger partial charge < -0.3 is 5.11 Å². The molecule has 1 fully saturated rings. The Morgan fingerprint density at radius 3 is 2.65 bits per heavy atom. The molecule has 3 heteroatoms. The second-order valence-electron chi connectivity index (χ2n) is 5.15. The van der Waals surface area contributed by atoms with Crippen molar-refractivity contribution in [3.8, 4) is 0 Å². The van der Waals surface area contributed by atoms with Gasteiger partial charge in [0.05, 0.1) is 5.92 Å². The maximum atomic E-state index is 10.8. The van der Waals surface area contributed by atoms with Gasteiger partial charge in [0.2, 0.25) is 0 Å². The third-order valence-electron chi connectivity index (χ3n) is 4.10. The summed E-state index contributed by atoms with van der Waals surface area (Å²) in [4.78, 5) is 13.1. The molecule has 0 bridgehead atoms. The van der Waals surface area contributed by atoms with Crippen LogP contribution in [0.15, 0.2) is 24.3 Å². The van der Waals surface area contributed by atoms with Gasteiger partial charge in [0.15, 0.2) is 0 Å². The zero-order valence-corrected chi connectivity index (χ0v) is 9.80. The Hall–Kier alpha value is -1.35. The summed E-state index contributed by atoms with van der Waals surface area (Å²) in [7, 11) is 0. The molecular formula is C14H17NO2. The highest BCUT2D eigenvalue weighted by atomic mass is 16.4. The lowest BCUT2D eigenvalue weighted by Crippen LogP contribution is -2.56. The molecule has 17 heavy (non-hydrogen) atoms. The van der Waals surface area contributed by atoms with Crippen LogP contribution in [-0.2, 0) is 17.6 Å². The molecule has 1 aliphatic carbocycles. The second-order valence-corrected chi connectivity index (χ2v) is 5.15. The van der Waals surface area contributed by atoms with E-state index in [2.05, 4.69) is 29.2 Å². The number of benzene rings is 1. The molecule has 0 radical (unpaired) electrons. The summed E-state index contributed by atoms with van der Waals surface area (Å²) in [6.07, 6.45) is 3.39. The number of likely N-dealkylation sites (tertiary alicyclic amines) is 1. The number of aliphatic carboxylic acids is 1. The van der Waals surface area contributed by atoms with E-state index in [4.69, 9.17) is 5.11 Å². The Labute approximate surface area is 101 Å². The third-order valence-corrected chi connectivity index (χ3v) is 4.10. The van der Waals surface area contributed by atoms with Crippen molar-refractivity contribution in [2.24, 2.45) is 5.92 Å². The van der Waals surface area contributed by atoms with Crippen molar-refractivity contribution in [3.63, 3.8) is 0 Å². The second kappa shape index (κ2) is 4.15. The molecule has 3 rings (SSSR count). The van der Waals surface area contributed by atoms with Gasteiger partial charge >= 0.3 is 5.97 Å². The van der Waals surface area contributed by atoms with Crippen LogP contribution < -0.4 is 0 Å². The lowest BCUT2D eigenvalue weighted by atomic mass is 9.85. The zero-order valence-electron chi connectivity index (χ0n) is 9.80. The summed E-state index contributed by atoms with van der Waals surface area (Å²) >= 11 is 0. The fourth-order valence-corrected chi connectivity index (χ4v) is 2.96. The molecule has 0 saturated carbocycles. The van der Waals surface area contributed by atoms with E-state index in [-0.39, 0.29) is 5.92 Å². The molecule has 1 aromatic rings. The molecule has 1 atom stereocenters. The highest BCUT2D eigenvalue weighted by molar-refractivity contribution is 5.71. The normalized spacial score (nSPS) is 25.1. The number of carboxylic acids is 1. The fraction of sp³-hybridized carbons (Fsp3) is 0.500. The van der Waals surface area contributed by atoms with Gasteiger partial charge in [0.1, 0.15) is 0 Å². The van der Waals surface area contributed by atoms with Crippen LogP contribution in [0.2, 0.25) is 0 Å². The number of aryl methyl sites for hydroxylation is 1. The van der Waals surface area contributed by atoms with Crippen LogP contribution in [-0.4, -0.2) is 35.1 Å². The minimum atomic E-state index is -0.641. The van der Waals surface area contributed by atoms with Gasteiger partial charge in [0, 0.05) is 19.1 Å². The first-order valence-corrected chi connectivity index (χ1v) is 6.27. The third kappa shape index (κ3) is 1.95. The number of rotatable bonds is 2. The Kier molecular flexibility index (Phi) is 2.63. The van der Waals surface area contributed by atoms with E-state index < -0.39 is 5.97 Å². The van der Waals surface area contributed by atoms with Crippen molar-refractivity contribution in [1.29, 1.82) is 0 Å². The van der Waals surface area contributed by atoms with Gasteiger partial charge in [-0.2, -0.15) is 0 Å². The Bertz CT molecular complexity index is 438. The Morgan fingerprint density at radius 2 is 1.94 bits per heavy atom. The largest absolute Gasteiger partial charge is 0.481 e. The topological polar surface area (TPSA) is 40.5 Å². The molecule has 0 aromatic heterocycles. The lowest BCUT2D eigenvalue weighted by molar-refractivity contribution is -0.148. The quantitative estimate of drug-likeness (QED) is 0.839. The zero-order chi connectivity index (χ0) is 11.8. The summed E-state index contributed by atoms with van der Waals surface area (Å²) in [5.74, 6) is -0.773. The van der Waals surface area contributed by atoms with E-state index in [9.17, 15) is 4.79 Å². The van der Waals surface area contributed by atoms with Crippen LogP contribution in [0.5, 0.6) is 0 Å². The standard InChI is InChI=1S/C14H17NO2/c16-14(17)12-8-15(9-12)13-6-5-10-3-1-2-4-11(10)7-13/h1-4,12-13H,5-9H2,(H,16,17). The van der Waals surface area contributed by atoms with E-state index in [1.165, 1.54) is 17.5 Å². The number of carbonyl (C=O) groups is 1. The van der Waals surface area contributed by atoms with Gasteiger partial charge in [-0.3, -0.25) is 9.69 Å². The van der Waals surface area contributed by atoms with E-state index in [1.807, 2.05) is 0 Å². The van der Waals surface area contributed by atoms with Crippen molar-refractivity contribution in [3.05, 3.63) is 35.4 Å². The maximum Gasteiger partial charge on any atom is 0.309 e. The van der Waals surface area contributed by atoms with E-state index >= 15 is 0 Å². The van der Waals surface area contributed by atoms with Crippen molar-refractivity contribution < 1.29 is 9.90 Å². The molecule has 90 valence electrons. The summed E-state index contributed by atoms with van der Waals surface area (Å²) in [5.41, 5.74) is 2.92. The maximum absolute atomic E-state index is 10.8. The van der Waals surface area contributed by atoms with Crippen LogP contribution in [0.25, 0.3) is 0 Å². The van der Waals surface area contributed by atoms with Gasteiger partial charge in [-0.15, -0.1) is 0 Å². The molecule has 3 nitrogen and oxygen atoms in total. The number of hydrogen-bond acceptors (Lipinski definition) is 2. The molecule has 1 aromatic carbocycles. The van der Waals surface area contributed by atoms with Gasteiger partial charge in [-0.25, -0.2) is 0 Å². The molecule has 1 aliphatic heterocycles. The van der Waals surface area contributed by atoms with Crippen LogP contribution in [0.3, 0.4) is 0 Å². The minimum absolute atomic E-state index is 0.132. The molecule has 0 spiro atoms. The molecule has 1 saturated heterocycles. The molecule has 1 unspecified atom stereocenters. The first-order valence-electron chi connectivity index (χ1n) is 6.27. The number of fused-ring (bicyclic) bond motifs is 1. The Balaban J connectivity index is 1.64. The van der Waals surface area contributed by atoms with Gasteiger partial charge in [0.25, 0.3) is 0 Å². The summed E-state index contributed by atoms with van der Waals surface area (Å²) in [6, 6.07) is 9.17. The number of nitrogens with zero attached hydrogens (tertiary/aromatic N) is 1. The molecule has 1 heterocycles. The SMILES string of the molecule is O=C(O)C1CN(C2CCc3ccccc3C2)C1. The molecule has 1 N–H and O–H groups in total. The van der Waals surface area contributed by atoms with E-state index in [1.54, 1.807) is 0 Å². The smallest absolute Gasteiger partial charge is 0.309 e. The molecular weight excluding hydrogens is 214 g/mol. The average Bonchev–Trinajstić information content (AvgIpc) is 2.26. The van der Waals surface area contributed by atoms with Gasteiger partial charge in [-0.05, 0) is 30.4 Å². The number of carboxylic acid groups (broad SMARTS) is 1. The van der Waals surface area contributed by atoms with Crippen molar-refractivity contribution in [2.45, 2.75) is 25.3 Å². The van der Waals surface area contributed by atoms with E-state index in [0.29, 0.717) is 6.04 Å². The summed E-state index contributed by atoms with van der Waals surface area (Å²) in [6.45, 7) is 1.48. The van der Waals surface area contributed by atoms with Crippen LogP contribution >= 0.6 is 0 Å². The number of hydrogen-bond donors (Lipinski definition) is 1. The predicted molar refractivity (Wildman–Crippen MR) is 65.0 cm³/mol. The monoisotopic (exact) mass is 231 g/mol. The fourth-order valence-electron chi connectivity index (χ4n) is 2.96. The average molecular weight is 231 g/mol. The highest BCUT2D eigenvalue weighted by Crippen LogP contribution is 2.28. The highest BCUT2D eigenvalue weighted by Gasteiger charge is 2.37.